The van der Waals surface area contributed by atoms with Gasteiger partial charge in [0.05, 0.1) is 49.0 Å². The van der Waals surface area contributed by atoms with Crippen LogP contribution in [0.15, 0.2) is 91.3 Å². The smallest absolute Gasteiger partial charge is 0.407 e. The molecule has 3 aromatic carbocycles. The Kier molecular flexibility index (Phi) is 11.7. The number of nitrogens with one attached hydrogen (secondary N) is 3. The Morgan fingerprint density at radius 3 is 1.75 bits per heavy atom. The summed E-state index contributed by atoms with van der Waals surface area (Å²) in [5.41, 5.74) is 6.55. The van der Waals surface area contributed by atoms with Gasteiger partial charge < -0.3 is 29.8 Å². The summed E-state index contributed by atoms with van der Waals surface area (Å²) in [6, 6.07) is 24.3. The number of amides is 3. The summed E-state index contributed by atoms with van der Waals surface area (Å²) < 4.78 is 20.0. The highest BCUT2D eigenvalue weighted by Crippen LogP contribution is 2.36. The fourth-order valence-corrected chi connectivity index (χ4v) is 8.20. The van der Waals surface area contributed by atoms with Gasteiger partial charge in [0, 0.05) is 15.8 Å². The number of hydrogen-bond donors (Lipinski definition) is 3. The molecule has 298 valence electrons. The second-order valence-electron chi connectivity index (χ2n) is 14.8. The zero-order valence-electron chi connectivity index (χ0n) is 34.8. The van der Waals surface area contributed by atoms with E-state index >= 15 is 0 Å². The maximum atomic E-state index is 13.9. The van der Waals surface area contributed by atoms with E-state index in [-0.39, 0.29) is 29.9 Å². The van der Waals surface area contributed by atoms with Crippen molar-refractivity contribution < 1.29 is 21.9 Å². The first-order chi connectivity index (χ1) is 28.8. The number of aromatic amines is 2. The number of rotatable bonds is 14. The van der Waals surface area contributed by atoms with Crippen molar-refractivity contribution in [2.24, 2.45) is 0 Å². The van der Waals surface area contributed by atoms with Crippen LogP contribution in [0.4, 0.5) is 4.79 Å². The summed E-state index contributed by atoms with van der Waals surface area (Å²) in [6.45, 7) is 5.22. The Morgan fingerprint density at radius 1 is 0.772 bits per heavy atom. The SMILES string of the molecule is [2H]CCCN(CCC[2H])[C@@H](C)C(=O)N1CCC[C@H]1c1ncc(-c2ccc(-c3ccc(-c4cnc([C@@H]5CCCN5C(=O)[C@H](NC(=O)OC)c5ccccc5)[nH]4)cc3)cc2)[nH]1. The number of methoxy groups -OCH3 is 1. The molecule has 2 fully saturated rings. The third kappa shape index (κ3) is 8.66. The largest absolute Gasteiger partial charge is 0.453 e. The molecule has 0 bridgehead atoms. The highest BCUT2D eigenvalue weighted by Gasteiger charge is 2.38. The second-order valence-corrected chi connectivity index (χ2v) is 14.8. The van der Waals surface area contributed by atoms with Crippen LogP contribution in [0, 0.1) is 0 Å². The number of alkyl carbamates (subject to hydrolysis) is 1. The molecule has 12 heteroatoms. The Hall–Kier alpha value is -5.75. The van der Waals surface area contributed by atoms with E-state index < -0.39 is 12.1 Å². The molecule has 2 saturated heterocycles. The number of likely N-dealkylation sites (tertiary alicyclic amines) is 2. The van der Waals surface area contributed by atoms with E-state index in [4.69, 9.17) is 17.4 Å². The molecule has 4 heterocycles. The molecular formula is C45H54N8O4. The number of H-pyrrole nitrogens is 2. The maximum Gasteiger partial charge on any atom is 0.407 e. The zero-order valence-corrected chi connectivity index (χ0v) is 32.8. The number of carbonyl (C=O) groups excluding carboxylic acids is 3. The minimum absolute atomic E-state index is 0.0831. The van der Waals surface area contributed by atoms with Gasteiger partial charge >= 0.3 is 6.09 Å². The minimum Gasteiger partial charge on any atom is -0.453 e. The van der Waals surface area contributed by atoms with Gasteiger partial charge in [0.25, 0.3) is 5.91 Å². The van der Waals surface area contributed by atoms with Crippen molar-refractivity contribution in [3.05, 3.63) is 108 Å². The Morgan fingerprint density at radius 2 is 1.26 bits per heavy atom. The average Bonchev–Trinajstić information content (AvgIpc) is 4.13. The Balaban J connectivity index is 0.993. The summed E-state index contributed by atoms with van der Waals surface area (Å²) in [5, 5.41) is 2.72. The summed E-state index contributed by atoms with van der Waals surface area (Å²) in [4.78, 5) is 62.2. The molecule has 3 N–H and O–H groups in total. The summed E-state index contributed by atoms with van der Waals surface area (Å²) in [5.74, 6) is 1.38. The van der Waals surface area contributed by atoms with Gasteiger partial charge in [0.1, 0.15) is 17.7 Å². The Labute approximate surface area is 337 Å². The molecule has 4 atom stereocenters. The fraction of sp³-hybridized carbons (Fsp3) is 0.400. The number of benzene rings is 3. The predicted octanol–water partition coefficient (Wildman–Crippen LogP) is 8.07. The summed E-state index contributed by atoms with van der Waals surface area (Å²) >= 11 is 0. The Bertz CT molecular complexity index is 2150. The number of hydrogen-bond acceptors (Lipinski definition) is 7. The normalized spacial score (nSPS) is 18.3. The van der Waals surface area contributed by atoms with Crippen LogP contribution in [0.1, 0.15) is 97.3 Å². The van der Waals surface area contributed by atoms with Gasteiger partial charge in [0.15, 0.2) is 0 Å². The maximum absolute atomic E-state index is 13.9. The average molecular weight is 773 g/mol. The number of aromatic nitrogens is 4. The van der Waals surface area contributed by atoms with Crippen LogP contribution in [-0.2, 0) is 14.3 Å². The molecule has 0 saturated carbocycles. The molecule has 2 aliphatic rings. The van der Waals surface area contributed by atoms with Crippen LogP contribution in [0.5, 0.6) is 0 Å². The highest BCUT2D eigenvalue weighted by molar-refractivity contribution is 5.87. The first-order valence-corrected chi connectivity index (χ1v) is 19.9. The number of imidazole rings is 2. The molecule has 2 aliphatic heterocycles. The van der Waals surface area contributed by atoms with Crippen LogP contribution in [-0.4, -0.2) is 91.9 Å². The number of nitrogens with zero attached hydrogens (tertiary/aromatic N) is 5. The van der Waals surface area contributed by atoms with Crippen LogP contribution in [0.3, 0.4) is 0 Å². The van der Waals surface area contributed by atoms with E-state index in [1.807, 2.05) is 48.4 Å². The van der Waals surface area contributed by atoms with E-state index in [9.17, 15) is 14.4 Å². The van der Waals surface area contributed by atoms with Crippen molar-refractivity contribution in [3.8, 4) is 33.6 Å². The third-order valence-electron chi connectivity index (χ3n) is 11.2. The molecular weight excluding hydrogens is 717 g/mol. The van der Waals surface area contributed by atoms with Crippen LogP contribution >= 0.6 is 0 Å². The zero-order chi connectivity index (χ0) is 41.3. The van der Waals surface area contributed by atoms with Crippen molar-refractivity contribution in [1.29, 1.82) is 0 Å². The van der Waals surface area contributed by atoms with Gasteiger partial charge in [-0.25, -0.2) is 14.8 Å². The van der Waals surface area contributed by atoms with Crippen LogP contribution < -0.4 is 5.32 Å². The molecule has 12 nitrogen and oxygen atoms in total. The lowest BCUT2D eigenvalue weighted by molar-refractivity contribution is -0.137. The van der Waals surface area contributed by atoms with Crippen molar-refractivity contribution >= 4 is 17.9 Å². The van der Waals surface area contributed by atoms with Gasteiger partial charge in [-0.05, 0) is 86.4 Å². The number of carbonyl (C=O) groups is 3. The van der Waals surface area contributed by atoms with Gasteiger partial charge in [-0.2, -0.15) is 0 Å². The molecule has 3 amide bonds. The van der Waals surface area contributed by atoms with E-state index in [1.54, 1.807) is 11.1 Å². The molecule has 5 aromatic rings. The van der Waals surface area contributed by atoms with E-state index in [0.29, 0.717) is 64.2 Å². The lowest BCUT2D eigenvalue weighted by Gasteiger charge is -2.33. The monoisotopic (exact) mass is 772 g/mol. The minimum atomic E-state index is -0.876. The standard InChI is InChI=1S/C45H54N8O4/c1-5-24-51(25-6-2)30(3)43(54)52-26-10-14-38(52)41-46-28-36(48-41)33-20-16-31(17-21-33)32-18-22-34(23-19-32)37-29-47-42(49-37)39-15-11-27-53(39)44(55)40(50-45(56)57-4)35-12-8-7-9-13-35/h7-9,12-13,16-23,28-30,38-40H,5-6,10-11,14-15,24-27H2,1-4H3,(H,46,48)(H,47,49)(H,50,56)/t30-,38-,39-,40+/m0/s1/i1D,2D. The van der Waals surface area contributed by atoms with Crippen molar-refractivity contribution in [2.75, 3.05) is 33.3 Å². The lowest BCUT2D eigenvalue weighted by atomic mass is 10.0. The lowest BCUT2D eigenvalue weighted by Crippen LogP contribution is -2.47. The summed E-state index contributed by atoms with van der Waals surface area (Å²) in [7, 11) is 1.28. The van der Waals surface area contributed by atoms with Gasteiger partial charge in [0.2, 0.25) is 5.91 Å². The first kappa shape index (κ1) is 36.9. The quantitative estimate of drug-likeness (QED) is 0.104. The number of ether oxygens (including phenoxy) is 1. The molecule has 2 aromatic heterocycles. The molecule has 7 rings (SSSR count). The van der Waals surface area contributed by atoms with Crippen LogP contribution in [0.2, 0.25) is 0 Å². The fourth-order valence-electron chi connectivity index (χ4n) is 8.20. The van der Waals surface area contributed by atoms with E-state index in [2.05, 4.69) is 68.7 Å². The highest BCUT2D eigenvalue weighted by atomic mass is 16.5. The van der Waals surface area contributed by atoms with Gasteiger partial charge in [-0.15, -0.1) is 0 Å². The predicted molar refractivity (Wildman–Crippen MR) is 221 cm³/mol. The van der Waals surface area contributed by atoms with Crippen molar-refractivity contribution in [3.63, 3.8) is 0 Å². The topological polar surface area (TPSA) is 140 Å². The summed E-state index contributed by atoms with van der Waals surface area (Å²) in [6.07, 6.45) is 7.75. The second kappa shape index (κ2) is 18.0. The molecule has 57 heavy (non-hydrogen) atoms. The van der Waals surface area contributed by atoms with E-state index in [0.717, 1.165) is 65.1 Å². The van der Waals surface area contributed by atoms with Crippen molar-refractivity contribution in [1.82, 2.24) is 40.0 Å². The van der Waals surface area contributed by atoms with Gasteiger partial charge in [-0.3, -0.25) is 14.5 Å². The molecule has 0 radical (unpaired) electrons. The van der Waals surface area contributed by atoms with E-state index in [1.165, 1.54) is 7.11 Å². The first-order valence-electron chi connectivity index (χ1n) is 21.3. The molecule has 0 unspecified atom stereocenters. The van der Waals surface area contributed by atoms with Gasteiger partial charge in [-0.1, -0.05) is 92.7 Å². The van der Waals surface area contributed by atoms with Crippen molar-refractivity contribution in [2.45, 2.75) is 83.4 Å². The molecule has 0 spiro atoms. The van der Waals surface area contributed by atoms with Crippen LogP contribution in [0.25, 0.3) is 33.6 Å². The molecule has 0 aliphatic carbocycles. The third-order valence-corrected chi connectivity index (χ3v) is 11.2.